The van der Waals surface area contributed by atoms with Crippen LogP contribution in [-0.2, 0) is 4.79 Å². The number of carbonyl (C=O) groups is 1. The molecule has 2 saturated heterocycles. The van der Waals surface area contributed by atoms with Gasteiger partial charge in [-0.05, 0) is 63.4 Å². The van der Waals surface area contributed by atoms with E-state index in [0.29, 0.717) is 0 Å². The molecule has 1 spiro atoms. The molecule has 2 aromatic rings. The fraction of sp³-hybridized carbons (Fsp3) is 0.476. The summed E-state index contributed by atoms with van der Waals surface area (Å²) in [6.45, 7) is 4.84. The van der Waals surface area contributed by atoms with Gasteiger partial charge in [0.1, 0.15) is 17.1 Å². The Morgan fingerprint density at radius 2 is 1.96 bits per heavy atom. The molecule has 7 heteroatoms. The van der Waals surface area contributed by atoms with Crippen molar-refractivity contribution in [2.24, 2.45) is 0 Å². The molecular weight excluding hydrogens is 376 g/mol. The quantitative estimate of drug-likeness (QED) is 0.849. The molecule has 1 amide bonds. The summed E-state index contributed by atoms with van der Waals surface area (Å²) in [4.78, 5) is 23.6. The first-order valence-corrected chi connectivity index (χ1v) is 9.60. The third-order valence-electron chi connectivity index (χ3n) is 5.45. The van der Waals surface area contributed by atoms with Gasteiger partial charge in [-0.2, -0.15) is 0 Å². The van der Waals surface area contributed by atoms with Crippen molar-refractivity contribution in [2.45, 2.75) is 50.8 Å². The van der Waals surface area contributed by atoms with Gasteiger partial charge in [-0.1, -0.05) is 0 Å². The fourth-order valence-electron chi connectivity index (χ4n) is 4.04. The molecule has 0 aliphatic carbocycles. The Balaban J connectivity index is 0.00000225. The van der Waals surface area contributed by atoms with E-state index in [1.807, 2.05) is 56.1 Å². The number of aromatic nitrogens is 2. The molecular formula is C21H27ClN4O2. The SMILES string of the molecule is CC(C)Oc1ccc(-c2ccnc([C@@H]3CC[C@@]4(CCN(C)C4=O)N3)n2)cc1.Cl. The number of rotatable bonds is 4. The molecule has 0 saturated carbocycles. The van der Waals surface area contributed by atoms with Crippen LogP contribution in [0.4, 0.5) is 0 Å². The molecule has 1 aromatic carbocycles. The Morgan fingerprint density at radius 1 is 1.21 bits per heavy atom. The number of likely N-dealkylation sites (N-methyl/N-ethyl adjacent to an activating group) is 1. The second-order valence-corrected chi connectivity index (χ2v) is 7.79. The number of likely N-dealkylation sites (tertiary alicyclic amines) is 1. The van der Waals surface area contributed by atoms with Gasteiger partial charge in [-0.15, -0.1) is 12.4 Å². The summed E-state index contributed by atoms with van der Waals surface area (Å²) in [6, 6.07) is 9.90. The van der Waals surface area contributed by atoms with Crippen molar-refractivity contribution >= 4 is 18.3 Å². The van der Waals surface area contributed by atoms with Crippen molar-refractivity contribution in [1.82, 2.24) is 20.2 Å². The second-order valence-electron chi connectivity index (χ2n) is 7.79. The summed E-state index contributed by atoms with van der Waals surface area (Å²) in [6.07, 6.45) is 4.53. The first-order chi connectivity index (χ1) is 13.0. The number of halogens is 1. The van der Waals surface area contributed by atoms with E-state index in [0.717, 1.165) is 48.6 Å². The van der Waals surface area contributed by atoms with Crippen LogP contribution in [0.3, 0.4) is 0 Å². The van der Waals surface area contributed by atoms with Gasteiger partial charge in [0.2, 0.25) is 5.91 Å². The predicted molar refractivity (Wildman–Crippen MR) is 111 cm³/mol. The van der Waals surface area contributed by atoms with Gasteiger partial charge < -0.3 is 9.64 Å². The minimum absolute atomic E-state index is 0. The lowest BCUT2D eigenvalue weighted by atomic mass is 9.96. The van der Waals surface area contributed by atoms with Crippen molar-refractivity contribution in [3.05, 3.63) is 42.4 Å². The van der Waals surface area contributed by atoms with E-state index in [1.54, 1.807) is 6.20 Å². The second kappa shape index (κ2) is 8.05. The van der Waals surface area contributed by atoms with E-state index in [4.69, 9.17) is 9.72 Å². The molecule has 28 heavy (non-hydrogen) atoms. The van der Waals surface area contributed by atoms with Crippen LogP contribution in [0.15, 0.2) is 36.5 Å². The Morgan fingerprint density at radius 3 is 2.61 bits per heavy atom. The summed E-state index contributed by atoms with van der Waals surface area (Å²) in [7, 11) is 1.87. The van der Waals surface area contributed by atoms with Crippen LogP contribution in [0.5, 0.6) is 5.75 Å². The van der Waals surface area contributed by atoms with Gasteiger partial charge in [0, 0.05) is 25.4 Å². The molecule has 6 nitrogen and oxygen atoms in total. The van der Waals surface area contributed by atoms with E-state index in [1.165, 1.54) is 0 Å². The highest BCUT2D eigenvalue weighted by Gasteiger charge is 2.50. The van der Waals surface area contributed by atoms with Crippen molar-refractivity contribution in [3.63, 3.8) is 0 Å². The van der Waals surface area contributed by atoms with Crippen LogP contribution >= 0.6 is 12.4 Å². The maximum atomic E-state index is 12.5. The first kappa shape index (κ1) is 20.6. The summed E-state index contributed by atoms with van der Waals surface area (Å²) in [5.41, 5.74) is 1.49. The monoisotopic (exact) mass is 402 g/mol. The van der Waals surface area contributed by atoms with Gasteiger partial charge >= 0.3 is 0 Å². The lowest BCUT2D eigenvalue weighted by Gasteiger charge is -2.23. The van der Waals surface area contributed by atoms with E-state index < -0.39 is 5.54 Å². The number of carbonyl (C=O) groups excluding carboxylic acids is 1. The molecule has 4 rings (SSSR count). The number of hydrogen-bond acceptors (Lipinski definition) is 5. The first-order valence-electron chi connectivity index (χ1n) is 9.60. The Labute approximate surface area is 172 Å². The zero-order chi connectivity index (χ0) is 19.0. The molecule has 150 valence electrons. The third kappa shape index (κ3) is 3.84. The highest BCUT2D eigenvalue weighted by Crippen LogP contribution is 2.38. The van der Waals surface area contributed by atoms with Crippen LogP contribution in [0.1, 0.15) is 45.0 Å². The number of benzene rings is 1. The molecule has 2 fully saturated rings. The zero-order valence-corrected chi connectivity index (χ0v) is 17.3. The van der Waals surface area contributed by atoms with Gasteiger partial charge in [0.05, 0.1) is 17.8 Å². The topological polar surface area (TPSA) is 67.3 Å². The minimum Gasteiger partial charge on any atom is -0.491 e. The van der Waals surface area contributed by atoms with Crippen LogP contribution in [0.2, 0.25) is 0 Å². The van der Waals surface area contributed by atoms with Crippen LogP contribution in [0.25, 0.3) is 11.3 Å². The maximum Gasteiger partial charge on any atom is 0.242 e. The lowest BCUT2D eigenvalue weighted by molar-refractivity contribution is -0.131. The Kier molecular flexibility index (Phi) is 5.91. The van der Waals surface area contributed by atoms with E-state index in [-0.39, 0.29) is 30.5 Å². The molecule has 2 atom stereocenters. The molecule has 0 bridgehead atoms. The normalized spacial score (nSPS) is 24.1. The van der Waals surface area contributed by atoms with Crippen LogP contribution in [0, 0.1) is 0 Å². The largest absolute Gasteiger partial charge is 0.491 e. The van der Waals surface area contributed by atoms with Gasteiger partial charge in [-0.25, -0.2) is 9.97 Å². The predicted octanol–water partition coefficient (Wildman–Crippen LogP) is 3.38. The van der Waals surface area contributed by atoms with E-state index in [9.17, 15) is 4.79 Å². The average Bonchev–Trinajstić information content (AvgIpc) is 3.22. The summed E-state index contributed by atoms with van der Waals surface area (Å²) in [5.74, 6) is 1.81. The number of ether oxygens (including phenoxy) is 1. The van der Waals surface area contributed by atoms with Crippen molar-refractivity contribution in [1.29, 1.82) is 0 Å². The summed E-state index contributed by atoms with van der Waals surface area (Å²) >= 11 is 0. The highest BCUT2D eigenvalue weighted by molar-refractivity contribution is 5.88. The van der Waals surface area contributed by atoms with Crippen LogP contribution in [-0.4, -0.2) is 46.0 Å². The Bertz CT molecular complexity index is 843. The molecule has 1 aromatic heterocycles. The van der Waals surface area contributed by atoms with Gasteiger partial charge in [-0.3, -0.25) is 10.1 Å². The molecule has 1 N–H and O–H groups in total. The fourth-order valence-corrected chi connectivity index (χ4v) is 4.04. The number of nitrogens with one attached hydrogen (secondary N) is 1. The van der Waals surface area contributed by atoms with Crippen molar-refractivity contribution in [3.8, 4) is 17.0 Å². The summed E-state index contributed by atoms with van der Waals surface area (Å²) in [5, 5.41) is 3.54. The van der Waals surface area contributed by atoms with Crippen molar-refractivity contribution < 1.29 is 9.53 Å². The smallest absolute Gasteiger partial charge is 0.242 e. The molecule has 2 aliphatic rings. The highest BCUT2D eigenvalue weighted by atomic mass is 35.5. The molecule has 0 radical (unpaired) electrons. The zero-order valence-electron chi connectivity index (χ0n) is 16.5. The van der Waals surface area contributed by atoms with Crippen molar-refractivity contribution in [2.75, 3.05) is 13.6 Å². The molecule has 0 unspecified atom stereocenters. The summed E-state index contributed by atoms with van der Waals surface area (Å²) < 4.78 is 5.70. The molecule has 3 heterocycles. The third-order valence-corrected chi connectivity index (χ3v) is 5.45. The van der Waals surface area contributed by atoms with E-state index in [2.05, 4.69) is 10.3 Å². The maximum absolute atomic E-state index is 12.5. The number of hydrogen-bond donors (Lipinski definition) is 1. The minimum atomic E-state index is -0.422. The van der Waals surface area contributed by atoms with Gasteiger partial charge in [0.15, 0.2) is 0 Å². The van der Waals surface area contributed by atoms with E-state index >= 15 is 0 Å². The lowest BCUT2D eigenvalue weighted by Crippen LogP contribution is -2.47. The number of nitrogens with zero attached hydrogens (tertiary/aromatic N) is 3. The van der Waals surface area contributed by atoms with Gasteiger partial charge in [0.25, 0.3) is 0 Å². The van der Waals surface area contributed by atoms with Crippen LogP contribution < -0.4 is 10.1 Å². The average molecular weight is 403 g/mol. The number of amides is 1. The Hall–Kier alpha value is -2.18. The molecule has 2 aliphatic heterocycles. The standard InChI is InChI=1S/C21H26N4O2.ClH/c1-14(2)27-16-6-4-15(5-7-16)17-9-12-22-19(23-17)18-8-10-21(24-18)11-13-25(3)20(21)26;/h4-7,9,12,14,18,24H,8,10-11,13H2,1-3H3;1H/t18-,21-;/m0./s1.